The number of aromatic nitrogens is 1. The van der Waals surface area contributed by atoms with Gasteiger partial charge >= 0.3 is 0 Å². The van der Waals surface area contributed by atoms with E-state index in [2.05, 4.69) is 20.9 Å². The lowest BCUT2D eigenvalue weighted by Gasteiger charge is -2.10. The van der Waals surface area contributed by atoms with E-state index in [9.17, 15) is 0 Å². The fraction of sp³-hybridized carbons (Fsp3) is 0.154. The lowest BCUT2D eigenvalue weighted by Crippen LogP contribution is -1.91. The van der Waals surface area contributed by atoms with Crippen LogP contribution < -0.4 is 14.2 Å². The van der Waals surface area contributed by atoms with Crippen LogP contribution in [0.5, 0.6) is 23.0 Å². The molecule has 0 aliphatic rings. The van der Waals surface area contributed by atoms with Gasteiger partial charge in [0, 0.05) is 36.7 Å². The summed E-state index contributed by atoms with van der Waals surface area (Å²) in [6.45, 7) is 0. The van der Waals surface area contributed by atoms with E-state index in [1.54, 1.807) is 50.9 Å². The number of rotatable bonds is 4. The Kier molecular flexibility index (Phi) is 4.04. The summed E-state index contributed by atoms with van der Waals surface area (Å²) in [5, 5.41) is 0. The van der Waals surface area contributed by atoms with Gasteiger partial charge in [0.15, 0.2) is 0 Å². The van der Waals surface area contributed by atoms with Gasteiger partial charge in [0.05, 0.1) is 18.7 Å². The number of benzene rings is 1. The Morgan fingerprint density at radius 2 is 1.61 bits per heavy atom. The van der Waals surface area contributed by atoms with Crippen molar-refractivity contribution in [1.29, 1.82) is 0 Å². The summed E-state index contributed by atoms with van der Waals surface area (Å²) >= 11 is 3.37. The Hall–Kier alpha value is -1.75. The van der Waals surface area contributed by atoms with E-state index >= 15 is 0 Å². The van der Waals surface area contributed by atoms with Crippen molar-refractivity contribution in [1.82, 2.24) is 4.98 Å². The molecule has 0 atom stereocenters. The molecule has 0 amide bonds. The molecule has 0 spiro atoms. The van der Waals surface area contributed by atoms with Gasteiger partial charge in [0.1, 0.15) is 23.0 Å². The van der Waals surface area contributed by atoms with E-state index in [1.165, 1.54) is 0 Å². The van der Waals surface area contributed by atoms with Crippen molar-refractivity contribution in [3.63, 3.8) is 0 Å². The summed E-state index contributed by atoms with van der Waals surface area (Å²) in [4.78, 5) is 3.98. The molecule has 1 aromatic carbocycles. The van der Waals surface area contributed by atoms with Crippen molar-refractivity contribution < 1.29 is 14.2 Å². The van der Waals surface area contributed by atoms with Crippen LogP contribution in [-0.2, 0) is 0 Å². The molecule has 0 radical (unpaired) electrons. The first-order chi connectivity index (χ1) is 8.72. The van der Waals surface area contributed by atoms with Crippen LogP contribution in [0, 0.1) is 0 Å². The van der Waals surface area contributed by atoms with E-state index < -0.39 is 0 Å². The van der Waals surface area contributed by atoms with Crippen LogP contribution in [0.4, 0.5) is 0 Å². The minimum absolute atomic E-state index is 0.637. The molecule has 4 nitrogen and oxygen atoms in total. The first kappa shape index (κ1) is 12.7. The molecule has 0 bridgehead atoms. The molecule has 0 saturated carbocycles. The van der Waals surface area contributed by atoms with E-state index in [4.69, 9.17) is 14.2 Å². The van der Waals surface area contributed by atoms with Crippen molar-refractivity contribution in [2.45, 2.75) is 0 Å². The average Bonchev–Trinajstić information content (AvgIpc) is 2.41. The molecule has 1 heterocycles. The number of hydrogen-bond acceptors (Lipinski definition) is 4. The number of methoxy groups -OCH3 is 2. The summed E-state index contributed by atoms with van der Waals surface area (Å²) in [5.41, 5.74) is 0. The second-order valence-electron chi connectivity index (χ2n) is 3.46. The van der Waals surface area contributed by atoms with Gasteiger partial charge in [-0.05, 0) is 15.9 Å². The molecular weight excluding hydrogens is 298 g/mol. The second-order valence-corrected chi connectivity index (χ2v) is 4.31. The van der Waals surface area contributed by atoms with Gasteiger partial charge in [-0.1, -0.05) is 0 Å². The normalized spacial score (nSPS) is 9.94. The van der Waals surface area contributed by atoms with Crippen molar-refractivity contribution in [2.75, 3.05) is 14.2 Å². The van der Waals surface area contributed by atoms with Crippen LogP contribution >= 0.6 is 15.9 Å². The lowest BCUT2D eigenvalue weighted by molar-refractivity contribution is 0.386. The fourth-order valence-electron chi connectivity index (χ4n) is 1.41. The maximum absolute atomic E-state index is 5.75. The smallest absolute Gasteiger partial charge is 0.144 e. The summed E-state index contributed by atoms with van der Waals surface area (Å²) in [5.74, 6) is 2.67. The van der Waals surface area contributed by atoms with Gasteiger partial charge in [-0.25, -0.2) is 0 Å². The van der Waals surface area contributed by atoms with Crippen LogP contribution in [0.3, 0.4) is 0 Å². The van der Waals surface area contributed by atoms with Crippen LogP contribution in [-0.4, -0.2) is 19.2 Å². The molecule has 0 saturated heterocycles. The molecule has 94 valence electrons. The minimum atomic E-state index is 0.637. The summed E-state index contributed by atoms with van der Waals surface area (Å²) in [7, 11) is 3.20. The molecule has 2 rings (SSSR count). The monoisotopic (exact) mass is 309 g/mol. The summed E-state index contributed by atoms with van der Waals surface area (Å²) < 4.78 is 16.9. The lowest BCUT2D eigenvalue weighted by atomic mass is 10.3. The van der Waals surface area contributed by atoms with Crippen molar-refractivity contribution in [3.8, 4) is 23.0 Å². The zero-order valence-electron chi connectivity index (χ0n) is 10.0. The Balaban J connectivity index is 2.31. The molecule has 0 aliphatic heterocycles. The standard InChI is InChI=1S/C13H12BrNO3/c1-16-9-5-10(17-2)7-11(6-9)18-13-3-4-15-8-12(13)14/h3-8H,1-2H3. The molecule has 18 heavy (non-hydrogen) atoms. The molecule has 0 fully saturated rings. The molecule has 2 aromatic rings. The van der Waals surface area contributed by atoms with Gasteiger partial charge in [-0.2, -0.15) is 0 Å². The van der Waals surface area contributed by atoms with Gasteiger partial charge in [-0.15, -0.1) is 0 Å². The number of halogens is 1. The molecular formula is C13H12BrNO3. The first-order valence-electron chi connectivity index (χ1n) is 5.23. The number of ether oxygens (including phenoxy) is 3. The van der Waals surface area contributed by atoms with Crippen LogP contribution in [0.15, 0.2) is 41.1 Å². The van der Waals surface area contributed by atoms with Crippen molar-refractivity contribution in [2.24, 2.45) is 0 Å². The Morgan fingerprint density at radius 3 is 2.17 bits per heavy atom. The summed E-state index contributed by atoms with van der Waals surface area (Å²) in [6.07, 6.45) is 3.34. The van der Waals surface area contributed by atoms with E-state index in [1.807, 2.05) is 0 Å². The van der Waals surface area contributed by atoms with Crippen LogP contribution in [0.2, 0.25) is 0 Å². The summed E-state index contributed by atoms with van der Waals surface area (Å²) in [6, 6.07) is 7.13. The SMILES string of the molecule is COc1cc(OC)cc(Oc2ccncc2Br)c1. The van der Waals surface area contributed by atoms with Gasteiger partial charge in [-0.3, -0.25) is 4.98 Å². The number of nitrogens with zero attached hydrogens (tertiary/aromatic N) is 1. The van der Waals surface area contributed by atoms with E-state index in [-0.39, 0.29) is 0 Å². The van der Waals surface area contributed by atoms with Crippen LogP contribution in [0.1, 0.15) is 0 Å². The second kappa shape index (κ2) is 5.73. The average molecular weight is 310 g/mol. The van der Waals surface area contributed by atoms with Crippen molar-refractivity contribution in [3.05, 3.63) is 41.1 Å². The quantitative estimate of drug-likeness (QED) is 0.864. The van der Waals surface area contributed by atoms with Gasteiger partial charge in [0.25, 0.3) is 0 Å². The fourth-order valence-corrected chi connectivity index (χ4v) is 1.74. The third-order valence-corrected chi connectivity index (χ3v) is 2.88. The van der Waals surface area contributed by atoms with Gasteiger partial charge in [0.2, 0.25) is 0 Å². The predicted molar refractivity (Wildman–Crippen MR) is 71.6 cm³/mol. The Bertz CT molecular complexity index is 523. The highest BCUT2D eigenvalue weighted by atomic mass is 79.9. The first-order valence-corrected chi connectivity index (χ1v) is 6.02. The Labute approximate surface area is 114 Å². The maximum Gasteiger partial charge on any atom is 0.144 e. The molecule has 0 N–H and O–H groups in total. The number of pyridine rings is 1. The minimum Gasteiger partial charge on any atom is -0.496 e. The third kappa shape index (κ3) is 2.92. The topological polar surface area (TPSA) is 40.6 Å². The number of hydrogen-bond donors (Lipinski definition) is 0. The third-order valence-electron chi connectivity index (χ3n) is 2.29. The molecule has 0 unspecified atom stereocenters. The van der Waals surface area contributed by atoms with Gasteiger partial charge < -0.3 is 14.2 Å². The molecule has 1 aromatic heterocycles. The molecule has 5 heteroatoms. The highest BCUT2D eigenvalue weighted by Crippen LogP contribution is 2.33. The highest BCUT2D eigenvalue weighted by Gasteiger charge is 2.06. The van der Waals surface area contributed by atoms with E-state index in [0.29, 0.717) is 23.0 Å². The zero-order valence-corrected chi connectivity index (χ0v) is 11.6. The zero-order chi connectivity index (χ0) is 13.0. The highest BCUT2D eigenvalue weighted by molar-refractivity contribution is 9.10. The Morgan fingerprint density at radius 1 is 1.00 bits per heavy atom. The largest absolute Gasteiger partial charge is 0.496 e. The van der Waals surface area contributed by atoms with Crippen LogP contribution in [0.25, 0.3) is 0 Å². The predicted octanol–water partition coefficient (Wildman–Crippen LogP) is 3.65. The van der Waals surface area contributed by atoms with E-state index in [0.717, 1.165) is 4.47 Å². The van der Waals surface area contributed by atoms with Crippen molar-refractivity contribution >= 4 is 15.9 Å². The molecule has 0 aliphatic carbocycles. The maximum atomic E-state index is 5.75.